The summed E-state index contributed by atoms with van der Waals surface area (Å²) in [6, 6.07) is 8.20. The summed E-state index contributed by atoms with van der Waals surface area (Å²) in [6.45, 7) is 0.670. The monoisotopic (exact) mass is 416 g/mol. The number of rotatable bonds is 7. The molecule has 0 saturated heterocycles. The maximum absolute atomic E-state index is 11.4. The molecular weight excluding hydrogens is 395 g/mol. The van der Waals surface area contributed by atoms with E-state index in [1.165, 1.54) is 25.0 Å². The second-order valence-corrected chi connectivity index (χ2v) is 6.34. The normalized spacial score (nSPS) is 10.7. The van der Waals surface area contributed by atoms with Crippen molar-refractivity contribution in [3.63, 3.8) is 0 Å². The molecule has 0 aliphatic heterocycles. The lowest BCUT2D eigenvalue weighted by Crippen LogP contribution is -2.31. The molecule has 1 aromatic carbocycles. The van der Waals surface area contributed by atoms with Gasteiger partial charge in [-0.3, -0.25) is 4.79 Å². The first-order valence-corrected chi connectivity index (χ1v) is 8.08. The summed E-state index contributed by atoms with van der Waals surface area (Å²) >= 11 is 2.25. The Morgan fingerprint density at radius 2 is 1.86 bits per heavy atom. The van der Waals surface area contributed by atoms with Crippen LogP contribution in [-0.2, 0) is 11.2 Å². The standard InChI is InChI=1S/C16H21IN2O3/c1-18(2)15(20)6-4-12-19(16(21)22)11-3-5-13-7-9-14(17)10-8-13/h4,6-10H,3,5,11-12H2,1-2H3,(H,21,22). The Labute approximate surface area is 144 Å². The van der Waals surface area contributed by atoms with Crippen LogP contribution in [0.15, 0.2) is 36.4 Å². The number of halogens is 1. The number of carbonyl (C=O) groups is 2. The smallest absolute Gasteiger partial charge is 0.407 e. The van der Waals surface area contributed by atoms with E-state index in [1.807, 2.05) is 12.1 Å². The van der Waals surface area contributed by atoms with Gasteiger partial charge in [-0.2, -0.15) is 0 Å². The van der Waals surface area contributed by atoms with Crippen LogP contribution in [0, 0.1) is 3.57 Å². The van der Waals surface area contributed by atoms with Crippen LogP contribution in [0.3, 0.4) is 0 Å². The number of likely N-dealkylation sites (N-methyl/N-ethyl adjacent to an activating group) is 1. The highest BCUT2D eigenvalue weighted by Gasteiger charge is 2.09. The van der Waals surface area contributed by atoms with E-state index in [2.05, 4.69) is 34.7 Å². The van der Waals surface area contributed by atoms with Gasteiger partial charge in [0.25, 0.3) is 0 Å². The van der Waals surface area contributed by atoms with Gasteiger partial charge in [-0.25, -0.2) is 4.79 Å². The number of benzene rings is 1. The average Bonchev–Trinajstić information content (AvgIpc) is 2.47. The molecule has 2 amide bonds. The highest BCUT2D eigenvalue weighted by atomic mass is 127. The maximum atomic E-state index is 11.4. The summed E-state index contributed by atoms with van der Waals surface area (Å²) in [6.07, 6.45) is 3.60. The van der Waals surface area contributed by atoms with Crippen LogP contribution < -0.4 is 0 Å². The first kappa shape index (κ1) is 18.5. The van der Waals surface area contributed by atoms with Crippen LogP contribution in [0.25, 0.3) is 0 Å². The van der Waals surface area contributed by atoms with Gasteiger partial charge < -0.3 is 14.9 Å². The number of aryl methyl sites for hydroxylation is 1. The lowest BCUT2D eigenvalue weighted by molar-refractivity contribution is -0.123. The number of carboxylic acid groups (broad SMARTS) is 1. The number of carbonyl (C=O) groups excluding carboxylic acids is 1. The largest absolute Gasteiger partial charge is 0.465 e. The summed E-state index contributed by atoms with van der Waals surface area (Å²) in [4.78, 5) is 25.3. The summed E-state index contributed by atoms with van der Waals surface area (Å²) in [5.74, 6) is -0.149. The third-order valence-electron chi connectivity index (χ3n) is 3.10. The van der Waals surface area contributed by atoms with Crippen molar-refractivity contribution in [1.82, 2.24) is 9.80 Å². The van der Waals surface area contributed by atoms with Crippen LogP contribution >= 0.6 is 22.6 Å². The fourth-order valence-corrected chi connectivity index (χ4v) is 2.18. The van der Waals surface area contributed by atoms with Crippen molar-refractivity contribution in [1.29, 1.82) is 0 Å². The van der Waals surface area contributed by atoms with E-state index in [0.29, 0.717) is 6.54 Å². The lowest BCUT2D eigenvalue weighted by Gasteiger charge is -2.17. The van der Waals surface area contributed by atoms with Gasteiger partial charge in [0.15, 0.2) is 0 Å². The van der Waals surface area contributed by atoms with E-state index in [4.69, 9.17) is 0 Å². The van der Waals surface area contributed by atoms with E-state index in [0.717, 1.165) is 12.8 Å². The second kappa shape index (κ2) is 9.45. The zero-order chi connectivity index (χ0) is 16.5. The number of nitrogens with zero attached hydrogens (tertiary/aromatic N) is 2. The molecule has 0 aromatic heterocycles. The zero-order valence-electron chi connectivity index (χ0n) is 12.8. The lowest BCUT2D eigenvalue weighted by atomic mass is 10.1. The second-order valence-electron chi connectivity index (χ2n) is 5.09. The predicted molar refractivity (Wildman–Crippen MR) is 94.9 cm³/mol. The third kappa shape index (κ3) is 6.93. The predicted octanol–water partition coefficient (Wildman–Crippen LogP) is 2.85. The summed E-state index contributed by atoms with van der Waals surface area (Å²) in [7, 11) is 3.31. The van der Waals surface area contributed by atoms with Crippen molar-refractivity contribution in [3.8, 4) is 0 Å². The fourth-order valence-electron chi connectivity index (χ4n) is 1.82. The third-order valence-corrected chi connectivity index (χ3v) is 3.82. The van der Waals surface area contributed by atoms with E-state index in [1.54, 1.807) is 20.2 Å². The average molecular weight is 416 g/mol. The van der Waals surface area contributed by atoms with Crippen molar-refractivity contribution in [3.05, 3.63) is 45.6 Å². The maximum Gasteiger partial charge on any atom is 0.407 e. The summed E-state index contributed by atoms with van der Waals surface area (Å²) < 4.78 is 1.18. The molecule has 0 spiro atoms. The van der Waals surface area contributed by atoms with Gasteiger partial charge >= 0.3 is 6.09 Å². The number of hydrogen-bond acceptors (Lipinski definition) is 2. The molecule has 0 fully saturated rings. The molecule has 6 heteroatoms. The van der Waals surface area contributed by atoms with Crippen molar-refractivity contribution in [2.45, 2.75) is 12.8 Å². The Morgan fingerprint density at radius 3 is 2.41 bits per heavy atom. The van der Waals surface area contributed by atoms with Crippen molar-refractivity contribution >= 4 is 34.6 Å². The first-order valence-electron chi connectivity index (χ1n) is 7.00. The molecular formula is C16H21IN2O3. The van der Waals surface area contributed by atoms with Gasteiger partial charge in [-0.15, -0.1) is 0 Å². The van der Waals surface area contributed by atoms with Crippen LogP contribution in [0.4, 0.5) is 4.79 Å². The molecule has 120 valence electrons. The molecule has 0 bridgehead atoms. The molecule has 0 atom stereocenters. The SMILES string of the molecule is CN(C)C(=O)C=CCN(CCCc1ccc(I)cc1)C(=O)O. The van der Waals surface area contributed by atoms with Gasteiger partial charge in [-0.05, 0) is 53.1 Å². The molecule has 1 aromatic rings. The van der Waals surface area contributed by atoms with Gasteiger partial charge in [0, 0.05) is 36.8 Å². The molecule has 22 heavy (non-hydrogen) atoms. The fraction of sp³-hybridized carbons (Fsp3) is 0.375. The molecule has 1 N–H and O–H groups in total. The molecule has 5 nitrogen and oxygen atoms in total. The molecule has 0 aliphatic carbocycles. The molecule has 0 aliphatic rings. The minimum absolute atomic E-state index is 0.149. The van der Waals surface area contributed by atoms with Crippen LogP contribution in [0.1, 0.15) is 12.0 Å². The van der Waals surface area contributed by atoms with Crippen molar-refractivity contribution in [2.75, 3.05) is 27.2 Å². The number of hydrogen-bond donors (Lipinski definition) is 1. The quantitative estimate of drug-likeness (QED) is 0.550. The highest BCUT2D eigenvalue weighted by Crippen LogP contribution is 2.09. The summed E-state index contributed by atoms with van der Waals surface area (Å²) in [5.41, 5.74) is 1.20. The Morgan fingerprint density at radius 1 is 1.23 bits per heavy atom. The minimum atomic E-state index is -0.968. The van der Waals surface area contributed by atoms with E-state index >= 15 is 0 Å². The van der Waals surface area contributed by atoms with E-state index in [9.17, 15) is 14.7 Å². The topological polar surface area (TPSA) is 60.9 Å². The minimum Gasteiger partial charge on any atom is -0.465 e. The molecule has 0 unspecified atom stereocenters. The van der Waals surface area contributed by atoms with Crippen LogP contribution in [-0.4, -0.2) is 54.1 Å². The highest BCUT2D eigenvalue weighted by molar-refractivity contribution is 14.1. The Hall–Kier alpha value is -1.57. The summed E-state index contributed by atoms with van der Waals surface area (Å²) in [5, 5.41) is 9.18. The van der Waals surface area contributed by atoms with Gasteiger partial charge in [-0.1, -0.05) is 18.2 Å². The molecule has 0 saturated carbocycles. The van der Waals surface area contributed by atoms with Gasteiger partial charge in [0.1, 0.15) is 0 Å². The molecule has 1 rings (SSSR count). The Balaban J connectivity index is 2.42. The Kier molecular flexibility index (Phi) is 7.94. The van der Waals surface area contributed by atoms with Crippen LogP contribution in [0.2, 0.25) is 0 Å². The van der Waals surface area contributed by atoms with Gasteiger partial charge in [0.2, 0.25) is 5.91 Å². The van der Waals surface area contributed by atoms with E-state index < -0.39 is 6.09 Å². The van der Waals surface area contributed by atoms with E-state index in [-0.39, 0.29) is 12.5 Å². The van der Waals surface area contributed by atoms with Gasteiger partial charge in [0.05, 0.1) is 0 Å². The zero-order valence-corrected chi connectivity index (χ0v) is 15.0. The van der Waals surface area contributed by atoms with Crippen LogP contribution in [0.5, 0.6) is 0 Å². The number of amides is 2. The van der Waals surface area contributed by atoms with Crippen molar-refractivity contribution in [2.24, 2.45) is 0 Å². The Bertz CT molecular complexity index is 527. The molecule has 0 heterocycles. The van der Waals surface area contributed by atoms with Crippen molar-refractivity contribution < 1.29 is 14.7 Å². The molecule has 0 radical (unpaired) electrons. The first-order chi connectivity index (χ1) is 10.4.